The molecule has 1 atom stereocenters. The molecule has 1 aliphatic rings. The maximum atomic E-state index is 12.1. The van der Waals surface area contributed by atoms with E-state index in [0.717, 1.165) is 18.4 Å². The van der Waals surface area contributed by atoms with Crippen molar-refractivity contribution in [3.63, 3.8) is 0 Å². The second kappa shape index (κ2) is 7.75. The molecule has 0 unspecified atom stereocenters. The lowest BCUT2D eigenvalue weighted by molar-refractivity contribution is -0.161. The Morgan fingerprint density at radius 3 is 2.62 bits per heavy atom. The van der Waals surface area contributed by atoms with Crippen molar-refractivity contribution in [2.45, 2.75) is 25.6 Å². The van der Waals surface area contributed by atoms with Crippen molar-refractivity contribution >= 4 is 11.9 Å². The Hall–Kier alpha value is -1.92. The zero-order chi connectivity index (χ0) is 15.1. The summed E-state index contributed by atoms with van der Waals surface area (Å²) in [6.07, 6.45) is 1.26. The third-order valence-corrected chi connectivity index (χ3v) is 3.22. The van der Waals surface area contributed by atoms with Gasteiger partial charge in [0, 0.05) is 0 Å². The van der Waals surface area contributed by atoms with Gasteiger partial charge in [0.15, 0.2) is 6.10 Å². The van der Waals surface area contributed by atoms with Crippen LogP contribution in [0.1, 0.15) is 18.4 Å². The number of nitrogens with two attached hydrogens (primary N) is 1. The molecule has 1 saturated carbocycles. The molecule has 2 rings (SSSR count). The molecule has 0 radical (unpaired) electrons. The van der Waals surface area contributed by atoms with E-state index in [1.165, 1.54) is 0 Å². The first-order chi connectivity index (χ1) is 10.2. The van der Waals surface area contributed by atoms with Crippen LogP contribution in [-0.2, 0) is 25.7 Å². The van der Waals surface area contributed by atoms with Crippen molar-refractivity contribution in [3.8, 4) is 0 Å². The van der Waals surface area contributed by atoms with E-state index < -0.39 is 6.10 Å². The van der Waals surface area contributed by atoms with Crippen molar-refractivity contribution in [1.29, 1.82) is 0 Å². The molecule has 1 aromatic carbocycles. The Morgan fingerprint density at radius 2 is 2.00 bits per heavy atom. The van der Waals surface area contributed by atoms with Gasteiger partial charge in [-0.25, -0.2) is 4.79 Å². The molecule has 0 saturated heterocycles. The van der Waals surface area contributed by atoms with Gasteiger partial charge in [0.05, 0.1) is 6.54 Å². The maximum Gasteiger partial charge on any atom is 0.335 e. The van der Waals surface area contributed by atoms with E-state index in [1.807, 2.05) is 30.3 Å². The molecule has 0 spiro atoms. The third kappa shape index (κ3) is 5.17. The molecule has 1 aromatic rings. The van der Waals surface area contributed by atoms with Crippen LogP contribution in [0.2, 0.25) is 0 Å². The highest BCUT2D eigenvalue weighted by Crippen LogP contribution is 2.34. The summed E-state index contributed by atoms with van der Waals surface area (Å²) in [5, 5.41) is 2.48. The zero-order valence-electron chi connectivity index (χ0n) is 11.8. The van der Waals surface area contributed by atoms with Crippen LogP contribution in [0.4, 0.5) is 0 Å². The lowest BCUT2D eigenvalue weighted by atomic mass is 10.2. The molecule has 1 amide bonds. The molecule has 114 valence electrons. The van der Waals surface area contributed by atoms with E-state index in [9.17, 15) is 9.59 Å². The molecule has 6 nitrogen and oxygen atoms in total. The van der Waals surface area contributed by atoms with E-state index >= 15 is 0 Å². The summed E-state index contributed by atoms with van der Waals surface area (Å²) in [5.74, 6) is -0.520. The monoisotopic (exact) mass is 292 g/mol. The van der Waals surface area contributed by atoms with Crippen LogP contribution in [0, 0.1) is 5.92 Å². The largest absolute Gasteiger partial charge is 0.459 e. The second-order valence-corrected chi connectivity index (χ2v) is 4.97. The lowest BCUT2D eigenvalue weighted by Crippen LogP contribution is -2.37. The average Bonchev–Trinajstić information content (AvgIpc) is 3.34. The Kier molecular flexibility index (Phi) is 5.71. The Labute approximate surface area is 123 Å². The number of hydrogen-bond acceptors (Lipinski definition) is 5. The smallest absolute Gasteiger partial charge is 0.335 e. The molecule has 0 heterocycles. The molecular formula is C15H20N2O4. The molecule has 0 aliphatic heterocycles. The number of rotatable bonds is 8. The minimum absolute atomic E-state index is 0.0301. The van der Waals surface area contributed by atoms with Crippen LogP contribution < -0.4 is 11.1 Å². The first kappa shape index (κ1) is 15.5. The molecule has 21 heavy (non-hydrogen) atoms. The lowest BCUT2D eigenvalue weighted by Gasteiger charge is -2.16. The van der Waals surface area contributed by atoms with E-state index in [2.05, 4.69) is 5.32 Å². The van der Waals surface area contributed by atoms with Gasteiger partial charge in [-0.15, -0.1) is 0 Å². The highest BCUT2D eigenvalue weighted by molar-refractivity contribution is 5.78. The van der Waals surface area contributed by atoms with E-state index in [-0.39, 0.29) is 37.7 Å². The molecule has 1 aliphatic carbocycles. The summed E-state index contributed by atoms with van der Waals surface area (Å²) in [4.78, 5) is 23.1. The molecule has 6 heteroatoms. The van der Waals surface area contributed by atoms with Gasteiger partial charge in [0.2, 0.25) is 5.91 Å². The normalized spacial score (nSPS) is 15.3. The second-order valence-electron chi connectivity index (χ2n) is 4.97. The maximum absolute atomic E-state index is 12.1. The Balaban J connectivity index is 1.77. The highest BCUT2D eigenvalue weighted by atomic mass is 16.6. The summed E-state index contributed by atoms with van der Waals surface area (Å²) in [6.45, 7) is 0.0922. The van der Waals surface area contributed by atoms with Gasteiger partial charge in [-0.3, -0.25) is 4.79 Å². The predicted molar refractivity (Wildman–Crippen MR) is 75.9 cm³/mol. The zero-order valence-corrected chi connectivity index (χ0v) is 11.8. The fourth-order valence-electron chi connectivity index (χ4n) is 1.89. The van der Waals surface area contributed by atoms with E-state index in [0.29, 0.717) is 0 Å². The van der Waals surface area contributed by atoms with Crippen LogP contribution in [0.3, 0.4) is 0 Å². The third-order valence-electron chi connectivity index (χ3n) is 3.22. The van der Waals surface area contributed by atoms with Gasteiger partial charge in [-0.2, -0.15) is 0 Å². The summed E-state index contributed by atoms with van der Waals surface area (Å²) in [7, 11) is 0. The van der Waals surface area contributed by atoms with Gasteiger partial charge < -0.3 is 20.5 Å². The number of nitrogens with one attached hydrogen (secondary N) is 1. The van der Waals surface area contributed by atoms with E-state index in [1.54, 1.807) is 0 Å². The minimum atomic E-state index is -0.619. The van der Waals surface area contributed by atoms with E-state index in [4.69, 9.17) is 15.2 Å². The number of benzene rings is 1. The van der Waals surface area contributed by atoms with Crippen molar-refractivity contribution in [3.05, 3.63) is 35.9 Å². The highest BCUT2D eigenvalue weighted by Gasteiger charge is 2.38. The molecule has 0 bridgehead atoms. The van der Waals surface area contributed by atoms with Crippen molar-refractivity contribution in [1.82, 2.24) is 5.32 Å². The Bertz CT molecular complexity index is 474. The minimum Gasteiger partial charge on any atom is -0.459 e. The number of ether oxygens (including phenoxy) is 2. The molecule has 0 aromatic heterocycles. The van der Waals surface area contributed by atoms with Crippen LogP contribution in [0.5, 0.6) is 0 Å². The summed E-state index contributed by atoms with van der Waals surface area (Å²) >= 11 is 0. The van der Waals surface area contributed by atoms with Crippen LogP contribution in [0.25, 0.3) is 0 Å². The standard InChI is InChI=1S/C15H20N2O4/c16-8-13(18)17-10-21-14(12-6-7-12)15(19)20-9-11-4-2-1-3-5-11/h1-5,12,14H,6-10,16H2,(H,17,18)/t14-/m1/s1. The predicted octanol–water partition coefficient (Wildman–Crippen LogP) is 0.557. The van der Waals surface area contributed by atoms with Crippen LogP contribution in [0.15, 0.2) is 30.3 Å². The summed E-state index contributed by atoms with van der Waals surface area (Å²) in [5.41, 5.74) is 6.10. The summed E-state index contributed by atoms with van der Waals surface area (Å²) < 4.78 is 10.7. The fraction of sp³-hybridized carbons (Fsp3) is 0.467. The van der Waals surface area contributed by atoms with Gasteiger partial charge >= 0.3 is 5.97 Å². The van der Waals surface area contributed by atoms with Crippen molar-refractivity contribution in [2.24, 2.45) is 11.7 Å². The molecule has 1 fully saturated rings. The van der Waals surface area contributed by atoms with Crippen LogP contribution in [-0.4, -0.2) is 31.3 Å². The summed E-state index contributed by atoms with van der Waals surface area (Å²) in [6, 6.07) is 9.46. The number of carbonyl (C=O) groups excluding carboxylic acids is 2. The Morgan fingerprint density at radius 1 is 1.29 bits per heavy atom. The van der Waals surface area contributed by atoms with Gasteiger partial charge in [-0.05, 0) is 24.3 Å². The number of amides is 1. The first-order valence-electron chi connectivity index (χ1n) is 6.99. The van der Waals surface area contributed by atoms with Crippen LogP contribution >= 0.6 is 0 Å². The van der Waals surface area contributed by atoms with Gasteiger partial charge in [0.1, 0.15) is 13.3 Å². The topological polar surface area (TPSA) is 90.7 Å². The average molecular weight is 292 g/mol. The van der Waals surface area contributed by atoms with Gasteiger partial charge in [-0.1, -0.05) is 30.3 Å². The fourth-order valence-corrected chi connectivity index (χ4v) is 1.89. The number of hydrogen-bond donors (Lipinski definition) is 2. The van der Waals surface area contributed by atoms with Gasteiger partial charge in [0.25, 0.3) is 0 Å². The van der Waals surface area contributed by atoms with Crippen molar-refractivity contribution < 1.29 is 19.1 Å². The number of carbonyl (C=O) groups is 2. The molecular weight excluding hydrogens is 272 g/mol. The van der Waals surface area contributed by atoms with Crippen molar-refractivity contribution in [2.75, 3.05) is 13.3 Å². The number of esters is 1. The first-order valence-corrected chi connectivity index (χ1v) is 6.99. The quantitative estimate of drug-likeness (QED) is 0.539. The SMILES string of the molecule is NCC(=O)NCO[C@@H](C(=O)OCc1ccccc1)C1CC1. The molecule has 3 N–H and O–H groups in total.